The van der Waals surface area contributed by atoms with Gasteiger partial charge in [0.2, 0.25) is 0 Å². The molecule has 1 aromatic rings. The zero-order valence-corrected chi connectivity index (χ0v) is 8.19. The highest BCUT2D eigenvalue weighted by atomic mass is 14.6. The molecule has 72 valence electrons. The molecule has 2 rings (SSSR count). The Hall–Kier alpha value is -1.36. The van der Waals surface area contributed by atoms with Crippen LogP contribution in [0.2, 0.25) is 0 Å². The van der Waals surface area contributed by atoms with Crippen molar-refractivity contribution in [2.45, 2.75) is 31.6 Å². The summed E-state index contributed by atoms with van der Waals surface area (Å²) in [5.74, 6) is 0.954. The molecule has 0 unspecified atom stereocenters. The maximum absolute atomic E-state index is 8.79. The van der Waals surface area contributed by atoms with Crippen molar-refractivity contribution in [1.29, 1.82) is 5.26 Å². The molecule has 2 nitrogen and oxygen atoms in total. The molecule has 0 N–H and O–H groups in total. The molecule has 0 spiro atoms. The molecule has 0 amide bonds. The van der Waals surface area contributed by atoms with E-state index in [1.165, 1.54) is 5.56 Å². The minimum Gasteiger partial charge on any atom is -0.265 e. The second kappa shape index (κ2) is 4.23. The molecule has 1 aromatic heterocycles. The van der Waals surface area contributed by atoms with Crippen LogP contribution in [-0.4, -0.2) is 4.98 Å². The largest absolute Gasteiger partial charge is 0.265 e. The number of nitrogens with zero attached hydrogens (tertiary/aromatic N) is 2. The van der Waals surface area contributed by atoms with Crippen LogP contribution in [0.4, 0.5) is 0 Å². The molecule has 1 saturated carbocycles. The van der Waals surface area contributed by atoms with Gasteiger partial charge >= 0.3 is 0 Å². The third-order valence-corrected chi connectivity index (χ3v) is 3.09. The van der Waals surface area contributed by atoms with Gasteiger partial charge in [-0.25, -0.2) is 0 Å². The smallest absolute Gasteiger partial charge is 0.0655 e. The SMILES string of the molecule is N#CC1CCC(c2ccncc2)CC1. The summed E-state index contributed by atoms with van der Waals surface area (Å²) >= 11 is 0. The lowest BCUT2D eigenvalue weighted by Gasteiger charge is -2.24. The van der Waals surface area contributed by atoms with E-state index >= 15 is 0 Å². The number of aromatic nitrogens is 1. The van der Waals surface area contributed by atoms with Crippen molar-refractivity contribution in [1.82, 2.24) is 4.98 Å². The van der Waals surface area contributed by atoms with E-state index in [-0.39, 0.29) is 0 Å². The Labute approximate surface area is 84.6 Å². The first-order valence-corrected chi connectivity index (χ1v) is 5.19. The molecular weight excluding hydrogens is 172 g/mol. The van der Waals surface area contributed by atoms with Gasteiger partial charge in [0.05, 0.1) is 6.07 Å². The maximum Gasteiger partial charge on any atom is 0.0655 e. The molecule has 1 aliphatic carbocycles. The molecule has 1 aliphatic rings. The van der Waals surface area contributed by atoms with E-state index in [0.29, 0.717) is 11.8 Å². The average molecular weight is 186 g/mol. The van der Waals surface area contributed by atoms with Gasteiger partial charge in [0.15, 0.2) is 0 Å². The number of hydrogen-bond donors (Lipinski definition) is 0. The summed E-state index contributed by atoms with van der Waals surface area (Å²) in [5, 5.41) is 8.79. The first-order valence-electron chi connectivity index (χ1n) is 5.19. The zero-order valence-electron chi connectivity index (χ0n) is 8.19. The molecule has 0 radical (unpaired) electrons. The van der Waals surface area contributed by atoms with Gasteiger partial charge in [-0.1, -0.05) is 0 Å². The fraction of sp³-hybridized carbons (Fsp3) is 0.500. The van der Waals surface area contributed by atoms with Gasteiger partial charge in [-0.15, -0.1) is 0 Å². The van der Waals surface area contributed by atoms with Gasteiger partial charge in [0.1, 0.15) is 0 Å². The lowest BCUT2D eigenvalue weighted by molar-refractivity contribution is 0.382. The Balaban J connectivity index is 2.00. The first kappa shape index (κ1) is 9.21. The Morgan fingerprint density at radius 3 is 2.36 bits per heavy atom. The van der Waals surface area contributed by atoms with Crippen LogP contribution in [-0.2, 0) is 0 Å². The molecule has 2 heteroatoms. The number of hydrogen-bond acceptors (Lipinski definition) is 2. The monoisotopic (exact) mass is 186 g/mol. The van der Waals surface area contributed by atoms with Crippen molar-refractivity contribution < 1.29 is 0 Å². The molecule has 1 heterocycles. The van der Waals surface area contributed by atoms with E-state index in [9.17, 15) is 0 Å². The summed E-state index contributed by atoms with van der Waals surface area (Å²) in [6.07, 6.45) is 8.13. The average Bonchev–Trinajstić information content (AvgIpc) is 2.30. The van der Waals surface area contributed by atoms with Gasteiger partial charge in [-0.3, -0.25) is 4.98 Å². The fourth-order valence-corrected chi connectivity index (χ4v) is 2.19. The van der Waals surface area contributed by atoms with Crippen molar-refractivity contribution in [2.24, 2.45) is 5.92 Å². The number of nitriles is 1. The standard InChI is InChI=1S/C12H14N2/c13-9-10-1-3-11(4-2-10)12-5-7-14-8-6-12/h5-8,10-11H,1-4H2. The molecule has 0 atom stereocenters. The van der Waals surface area contributed by atoms with Crippen LogP contribution in [0.1, 0.15) is 37.2 Å². The molecular formula is C12H14N2. The highest BCUT2D eigenvalue weighted by molar-refractivity contribution is 5.16. The summed E-state index contributed by atoms with van der Waals surface area (Å²) in [7, 11) is 0. The van der Waals surface area contributed by atoms with Crippen LogP contribution in [0.15, 0.2) is 24.5 Å². The Kier molecular flexibility index (Phi) is 2.78. The second-order valence-electron chi connectivity index (χ2n) is 3.96. The maximum atomic E-state index is 8.79. The van der Waals surface area contributed by atoms with Gasteiger partial charge in [0.25, 0.3) is 0 Å². The van der Waals surface area contributed by atoms with Crippen LogP contribution in [0.25, 0.3) is 0 Å². The van der Waals surface area contributed by atoms with Crippen molar-refractivity contribution in [3.05, 3.63) is 30.1 Å². The third kappa shape index (κ3) is 1.93. The van der Waals surface area contributed by atoms with E-state index in [1.54, 1.807) is 0 Å². The van der Waals surface area contributed by atoms with Crippen LogP contribution in [0, 0.1) is 17.2 Å². The molecule has 0 bridgehead atoms. The zero-order chi connectivity index (χ0) is 9.80. The van der Waals surface area contributed by atoms with Crippen molar-refractivity contribution in [3.63, 3.8) is 0 Å². The van der Waals surface area contributed by atoms with E-state index in [1.807, 2.05) is 12.4 Å². The normalized spacial score (nSPS) is 26.8. The molecule has 1 fully saturated rings. The highest BCUT2D eigenvalue weighted by Gasteiger charge is 2.21. The van der Waals surface area contributed by atoms with Gasteiger partial charge in [-0.05, 0) is 49.3 Å². The van der Waals surface area contributed by atoms with Crippen molar-refractivity contribution in [2.75, 3.05) is 0 Å². The second-order valence-corrected chi connectivity index (χ2v) is 3.96. The minimum absolute atomic E-state index is 0.299. The van der Waals surface area contributed by atoms with Crippen molar-refractivity contribution in [3.8, 4) is 6.07 Å². The predicted octanol–water partition coefficient (Wildman–Crippen LogP) is 2.88. The first-order chi connectivity index (χ1) is 6.90. The van der Waals surface area contributed by atoms with Crippen molar-refractivity contribution >= 4 is 0 Å². The summed E-state index contributed by atoms with van der Waals surface area (Å²) in [5.41, 5.74) is 1.39. The molecule has 14 heavy (non-hydrogen) atoms. The van der Waals surface area contributed by atoms with Crippen LogP contribution < -0.4 is 0 Å². The Morgan fingerprint density at radius 1 is 1.14 bits per heavy atom. The molecule has 0 aliphatic heterocycles. The minimum atomic E-state index is 0.299. The predicted molar refractivity (Wildman–Crippen MR) is 54.5 cm³/mol. The summed E-state index contributed by atoms with van der Waals surface area (Å²) < 4.78 is 0. The summed E-state index contributed by atoms with van der Waals surface area (Å²) in [6.45, 7) is 0. The third-order valence-electron chi connectivity index (χ3n) is 3.09. The van der Waals surface area contributed by atoms with Gasteiger partial charge in [-0.2, -0.15) is 5.26 Å². The molecule has 0 saturated heterocycles. The van der Waals surface area contributed by atoms with Crippen LogP contribution in [0.5, 0.6) is 0 Å². The molecule has 0 aromatic carbocycles. The Bertz CT molecular complexity index is 318. The number of pyridine rings is 1. The van der Waals surface area contributed by atoms with Crippen LogP contribution >= 0.6 is 0 Å². The summed E-state index contributed by atoms with van der Waals surface area (Å²) in [6, 6.07) is 6.55. The highest BCUT2D eigenvalue weighted by Crippen LogP contribution is 2.34. The van der Waals surface area contributed by atoms with Crippen LogP contribution in [0.3, 0.4) is 0 Å². The lowest BCUT2D eigenvalue weighted by Crippen LogP contribution is -2.11. The topological polar surface area (TPSA) is 36.7 Å². The van der Waals surface area contributed by atoms with Gasteiger partial charge in [0, 0.05) is 18.3 Å². The van der Waals surface area contributed by atoms with E-state index in [2.05, 4.69) is 23.2 Å². The van der Waals surface area contributed by atoms with Gasteiger partial charge < -0.3 is 0 Å². The Morgan fingerprint density at radius 2 is 1.79 bits per heavy atom. The fourth-order valence-electron chi connectivity index (χ4n) is 2.19. The van der Waals surface area contributed by atoms with E-state index < -0.39 is 0 Å². The van der Waals surface area contributed by atoms with E-state index in [0.717, 1.165) is 25.7 Å². The summed E-state index contributed by atoms with van der Waals surface area (Å²) in [4.78, 5) is 4.02. The lowest BCUT2D eigenvalue weighted by atomic mass is 9.79. The quantitative estimate of drug-likeness (QED) is 0.676. The number of rotatable bonds is 1. The van der Waals surface area contributed by atoms with E-state index in [4.69, 9.17) is 5.26 Å².